The monoisotopic (exact) mass is 254 g/mol. The van der Waals surface area contributed by atoms with E-state index < -0.39 is 0 Å². The number of aromatic amines is 1. The highest BCUT2D eigenvalue weighted by atomic mass is 16.3. The molecule has 0 fully saturated rings. The summed E-state index contributed by atoms with van der Waals surface area (Å²) in [4.78, 5) is 11.9. The van der Waals surface area contributed by atoms with E-state index in [1.165, 1.54) is 12.1 Å². The van der Waals surface area contributed by atoms with Crippen LogP contribution in [0.25, 0.3) is 11.1 Å². The van der Waals surface area contributed by atoms with Gasteiger partial charge in [-0.15, -0.1) is 0 Å². The number of aromatic nitrogens is 3. The predicted octanol–water partition coefficient (Wildman–Crippen LogP) is 1.96. The fourth-order valence-corrected chi connectivity index (χ4v) is 2.87. The zero-order valence-electron chi connectivity index (χ0n) is 10.6. The van der Waals surface area contributed by atoms with E-state index in [2.05, 4.69) is 33.3 Å². The highest BCUT2D eigenvalue weighted by molar-refractivity contribution is 5.73. The largest absolute Gasteiger partial charge is 0.443 e. The van der Waals surface area contributed by atoms with Crippen LogP contribution in [0.15, 0.2) is 35.3 Å². The lowest BCUT2D eigenvalue weighted by Gasteiger charge is -2.34. The summed E-state index contributed by atoms with van der Waals surface area (Å²) in [6, 6.07) is 6.11. The van der Waals surface area contributed by atoms with Crippen LogP contribution in [-0.2, 0) is 12.0 Å². The van der Waals surface area contributed by atoms with Gasteiger partial charge >= 0.3 is 0 Å². The van der Waals surface area contributed by atoms with E-state index in [-0.39, 0.29) is 5.54 Å². The molecular weight excluding hydrogens is 240 g/mol. The number of rotatable bonds is 1. The molecule has 0 bridgehead atoms. The fourth-order valence-electron chi connectivity index (χ4n) is 2.87. The van der Waals surface area contributed by atoms with Gasteiger partial charge in [0.2, 0.25) is 0 Å². The lowest BCUT2D eigenvalue weighted by atomic mass is 9.84. The van der Waals surface area contributed by atoms with E-state index in [1.807, 2.05) is 12.1 Å². The standard InChI is InChI=1S/C14H14N4O/c1-14(13-11(4-5-18-14)15-7-16-13)9-2-3-10-12(6-9)19-8-17-10/h2-3,6-8,18H,4-5H2,1H3,(H,15,16). The van der Waals surface area contributed by atoms with Crippen molar-refractivity contribution in [3.05, 3.63) is 47.9 Å². The summed E-state index contributed by atoms with van der Waals surface area (Å²) >= 11 is 0. The minimum absolute atomic E-state index is 0.283. The number of benzene rings is 1. The SMILES string of the molecule is CC1(c2ccc3ncoc3c2)NCCc2[nH]cnc21. The van der Waals surface area contributed by atoms with Gasteiger partial charge in [-0.25, -0.2) is 9.97 Å². The molecule has 2 N–H and O–H groups in total. The van der Waals surface area contributed by atoms with Gasteiger partial charge in [0, 0.05) is 18.7 Å². The van der Waals surface area contributed by atoms with Crippen LogP contribution in [0.5, 0.6) is 0 Å². The lowest BCUT2D eigenvalue weighted by molar-refractivity contribution is 0.403. The van der Waals surface area contributed by atoms with Gasteiger partial charge in [-0.1, -0.05) is 6.07 Å². The number of imidazole rings is 1. The summed E-state index contributed by atoms with van der Waals surface area (Å²) < 4.78 is 5.40. The first-order valence-corrected chi connectivity index (χ1v) is 6.39. The van der Waals surface area contributed by atoms with Gasteiger partial charge in [0.1, 0.15) is 5.52 Å². The number of nitrogens with zero attached hydrogens (tertiary/aromatic N) is 2. The van der Waals surface area contributed by atoms with Crippen molar-refractivity contribution in [1.29, 1.82) is 0 Å². The van der Waals surface area contributed by atoms with E-state index in [0.717, 1.165) is 35.3 Å². The topological polar surface area (TPSA) is 66.7 Å². The molecule has 5 heteroatoms. The smallest absolute Gasteiger partial charge is 0.181 e. The molecule has 0 radical (unpaired) electrons. The molecule has 1 aliphatic heterocycles. The summed E-state index contributed by atoms with van der Waals surface area (Å²) in [6.07, 6.45) is 4.23. The van der Waals surface area contributed by atoms with Gasteiger partial charge in [0.15, 0.2) is 12.0 Å². The second kappa shape index (κ2) is 3.68. The highest BCUT2D eigenvalue weighted by Crippen LogP contribution is 2.33. The second-order valence-electron chi connectivity index (χ2n) is 5.07. The van der Waals surface area contributed by atoms with Crippen LogP contribution in [0.2, 0.25) is 0 Å². The Labute approximate surface area is 110 Å². The zero-order valence-corrected chi connectivity index (χ0v) is 10.6. The maximum Gasteiger partial charge on any atom is 0.181 e. The minimum atomic E-state index is -0.283. The number of H-pyrrole nitrogens is 1. The Kier molecular flexibility index (Phi) is 2.08. The van der Waals surface area contributed by atoms with Crippen LogP contribution in [0.1, 0.15) is 23.9 Å². The number of hydrogen-bond acceptors (Lipinski definition) is 4. The van der Waals surface area contributed by atoms with Crippen molar-refractivity contribution in [3.63, 3.8) is 0 Å². The zero-order chi connectivity index (χ0) is 12.9. The second-order valence-corrected chi connectivity index (χ2v) is 5.07. The van der Waals surface area contributed by atoms with Gasteiger partial charge in [0.05, 0.1) is 17.6 Å². The normalized spacial score (nSPS) is 22.6. The van der Waals surface area contributed by atoms with E-state index in [1.54, 1.807) is 6.33 Å². The van der Waals surface area contributed by atoms with Crippen LogP contribution >= 0.6 is 0 Å². The molecule has 1 unspecified atom stereocenters. The Bertz CT molecular complexity index is 745. The number of nitrogens with one attached hydrogen (secondary N) is 2. The number of hydrogen-bond donors (Lipinski definition) is 2. The molecule has 2 aromatic heterocycles. The molecule has 1 aromatic carbocycles. The minimum Gasteiger partial charge on any atom is -0.443 e. The van der Waals surface area contributed by atoms with Gasteiger partial charge in [0.25, 0.3) is 0 Å². The van der Waals surface area contributed by atoms with Crippen molar-refractivity contribution in [3.8, 4) is 0 Å². The Morgan fingerprint density at radius 1 is 1.32 bits per heavy atom. The molecule has 3 aromatic rings. The molecule has 5 nitrogen and oxygen atoms in total. The quantitative estimate of drug-likeness (QED) is 0.696. The molecule has 3 heterocycles. The summed E-state index contributed by atoms with van der Waals surface area (Å²) in [5.41, 5.74) is 4.82. The van der Waals surface area contributed by atoms with Crippen molar-refractivity contribution >= 4 is 11.1 Å². The average Bonchev–Trinajstić information content (AvgIpc) is 3.07. The molecular formula is C14H14N4O. The lowest BCUT2D eigenvalue weighted by Crippen LogP contribution is -2.46. The Morgan fingerprint density at radius 2 is 2.26 bits per heavy atom. The molecule has 0 aliphatic carbocycles. The first-order chi connectivity index (χ1) is 9.27. The van der Waals surface area contributed by atoms with Gasteiger partial charge in [-0.2, -0.15) is 0 Å². The third-order valence-electron chi connectivity index (χ3n) is 3.95. The Hall–Kier alpha value is -2.14. The van der Waals surface area contributed by atoms with Gasteiger partial charge in [-0.05, 0) is 24.6 Å². The molecule has 1 atom stereocenters. The first kappa shape index (κ1) is 10.8. The average molecular weight is 254 g/mol. The van der Waals surface area contributed by atoms with Crippen molar-refractivity contribution in [2.75, 3.05) is 6.54 Å². The fraction of sp³-hybridized carbons (Fsp3) is 0.286. The summed E-state index contributed by atoms with van der Waals surface area (Å²) in [5, 5.41) is 3.57. The van der Waals surface area contributed by atoms with Crippen molar-refractivity contribution < 1.29 is 4.42 Å². The van der Waals surface area contributed by atoms with Crippen LogP contribution in [-0.4, -0.2) is 21.5 Å². The Morgan fingerprint density at radius 3 is 3.21 bits per heavy atom. The van der Waals surface area contributed by atoms with E-state index >= 15 is 0 Å². The molecule has 0 spiro atoms. The molecule has 0 saturated heterocycles. The summed E-state index contributed by atoms with van der Waals surface area (Å²) in [6.45, 7) is 3.09. The molecule has 96 valence electrons. The van der Waals surface area contributed by atoms with Gasteiger partial charge in [-0.3, -0.25) is 0 Å². The van der Waals surface area contributed by atoms with Crippen LogP contribution in [0.4, 0.5) is 0 Å². The maximum absolute atomic E-state index is 5.40. The maximum atomic E-state index is 5.40. The van der Waals surface area contributed by atoms with Gasteiger partial charge < -0.3 is 14.7 Å². The van der Waals surface area contributed by atoms with Crippen LogP contribution in [0, 0.1) is 0 Å². The van der Waals surface area contributed by atoms with Crippen LogP contribution < -0.4 is 5.32 Å². The van der Waals surface area contributed by atoms with E-state index in [0.29, 0.717) is 0 Å². The molecule has 1 aliphatic rings. The number of oxazole rings is 1. The summed E-state index contributed by atoms with van der Waals surface area (Å²) in [5.74, 6) is 0. The molecule has 19 heavy (non-hydrogen) atoms. The third kappa shape index (κ3) is 1.45. The highest BCUT2D eigenvalue weighted by Gasteiger charge is 2.36. The molecule has 4 rings (SSSR count). The third-order valence-corrected chi connectivity index (χ3v) is 3.95. The first-order valence-electron chi connectivity index (χ1n) is 6.39. The van der Waals surface area contributed by atoms with Crippen molar-refractivity contribution in [2.24, 2.45) is 0 Å². The predicted molar refractivity (Wildman–Crippen MR) is 70.8 cm³/mol. The molecule has 0 saturated carbocycles. The van der Waals surface area contributed by atoms with E-state index in [9.17, 15) is 0 Å². The van der Waals surface area contributed by atoms with E-state index in [4.69, 9.17) is 4.42 Å². The van der Waals surface area contributed by atoms with Crippen molar-refractivity contribution in [1.82, 2.24) is 20.3 Å². The van der Waals surface area contributed by atoms with Crippen LogP contribution in [0.3, 0.4) is 0 Å². The Balaban J connectivity index is 1.91. The summed E-state index contributed by atoms with van der Waals surface area (Å²) in [7, 11) is 0. The van der Waals surface area contributed by atoms with Crippen molar-refractivity contribution in [2.45, 2.75) is 18.9 Å². The molecule has 0 amide bonds. The number of fused-ring (bicyclic) bond motifs is 2.